The van der Waals surface area contributed by atoms with Crippen LogP contribution in [0.3, 0.4) is 0 Å². The average molecular weight is 204 g/mol. The Morgan fingerprint density at radius 3 is 2.57 bits per heavy atom. The minimum atomic E-state index is 0.498. The molecule has 0 atom stereocenters. The number of hydrogen-bond acceptors (Lipinski definition) is 1. The molecule has 0 N–H and O–H groups in total. The van der Waals surface area contributed by atoms with Crippen molar-refractivity contribution in [3.05, 3.63) is 54.4 Å². The van der Waals surface area contributed by atoms with Gasteiger partial charge in [0.1, 0.15) is 0 Å². The Morgan fingerprint density at radius 1 is 1.07 bits per heavy atom. The molecule has 0 aliphatic carbocycles. The summed E-state index contributed by atoms with van der Waals surface area (Å²) in [5, 5.41) is 0. The number of benzene rings is 1. The van der Waals surface area contributed by atoms with E-state index in [0.29, 0.717) is 5.88 Å². The third kappa shape index (κ3) is 1.78. The second-order valence-corrected chi connectivity index (χ2v) is 3.30. The number of halogens is 1. The van der Waals surface area contributed by atoms with Crippen LogP contribution in [0.5, 0.6) is 0 Å². The van der Waals surface area contributed by atoms with Gasteiger partial charge in [-0.3, -0.25) is 4.98 Å². The number of pyridine rings is 1. The van der Waals surface area contributed by atoms with E-state index in [-0.39, 0.29) is 0 Å². The molecule has 2 aromatic rings. The van der Waals surface area contributed by atoms with E-state index in [4.69, 9.17) is 11.6 Å². The van der Waals surface area contributed by atoms with E-state index < -0.39 is 0 Å². The summed E-state index contributed by atoms with van der Waals surface area (Å²) < 4.78 is 0. The highest BCUT2D eigenvalue weighted by molar-refractivity contribution is 6.17. The summed E-state index contributed by atoms with van der Waals surface area (Å²) in [5.41, 5.74) is 3.42. The van der Waals surface area contributed by atoms with Gasteiger partial charge in [0.2, 0.25) is 0 Å². The van der Waals surface area contributed by atoms with Gasteiger partial charge in [-0.05, 0) is 22.8 Å². The summed E-state index contributed by atoms with van der Waals surface area (Å²) in [6.07, 6.45) is 3.60. The van der Waals surface area contributed by atoms with Crippen molar-refractivity contribution in [2.24, 2.45) is 0 Å². The maximum absolute atomic E-state index is 5.84. The van der Waals surface area contributed by atoms with Crippen LogP contribution in [0, 0.1) is 0 Å². The van der Waals surface area contributed by atoms with E-state index in [1.165, 1.54) is 5.56 Å². The third-order valence-corrected chi connectivity index (χ3v) is 2.42. The van der Waals surface area contributed by atoms with Crippen LogP contribution in [-0.4, -0.2) is 4.98 Å². The lowest BCUT2D eigenvalue weighted by Crippen LogP contribution is -1.86. The fourth-order valence-corrected chi connectivity index (χ4v) is 1.65. The lowest BCUT2D eigenvalue weighted by Gasteiger charge is -2.05. The molecule has 0 fully saturated rings. The predicted molar refractivity (Wildman–Crippen MR) is 59.2 cm³/mol. The van der Waals surface area contributed by atoms with Gasteiger partial charge in [-0.15, -0.1) is 11.6 Å². The quantitative estimate of drug-likeness (QED) is 0.681. The summed E-state index contributed by atoms with van der Waals surface area (Å²) in [4.78, 5) is 4.06. The molecule has 0 saturated heterocycles. The van der Waals surface area contributed by atoms with E-state index in [9.17, 15) is 0 Å². The van der Waals surface area contributed by atoms with Gasteiger partial charge in [-0.1, -0.05) is 30.3 Å². The zero-order valence-corrected chi connectivity index (χ0v) is 8.41. The first-order valence-electron chi connectivity index (χ1n) is 4.46. The Kier molecular flexibility index (Phi) is 2.80. The molecule has 0 unspecified atom stereocenters. The van der Waals surface area contributed by atoms with Crippen LogP contribution in [0.2, 0.25) is 0 Å². The predicted octanol–water partition coefficient (Wildman–Crippen LogP) is 3.49. The van der Waals surface area contributed by atoms with Crippen LogP contribution < -0.4 is 0 Å². The molecule has 70 valence electrons. The third-order valence-electron chi connectivity index (χ3n) is 2.13. The van der Waals surface area contributed by atoms with E-state index in [0.717, 1.165) is 11.1 Å². The maximum Gasteiger partial charge on any atom is 0.0495 e. The van der Waals surface area contributed by atoms with Crippen LogP contribution in [-0.2, 0) is 5.88 Å². The Hall–Kier alpha value is -1.34. The van der Waals surface area contributed by atoms with Crippen LogP contribution in [0.25, 0.3) is 11.1 Å². The van der Waals surface area contributed by atoms with Crippen molar-refractivity contribution < 1.29 is 0 Å². The molecule has 2 heteroatoms. The lowest BCUT2D eigenvalue weighted by molar-refractivity contribution is 1.25. The Balaban J connectivity index is 2.51. The van der Waals surface area contributed by atoms with Crippen LogP contribution >= 0.6 is 11.6 Å². The summed E-state index contributed by atoms with van der Waals surface area (Å²) in [7, 11) is 0. The zero-order chi connectivity index (χ0) is 9.80. The van der Waals surface area contributed by atoms with E-state index in [1.807, 2.05) is 30.5 Å². The lowest BCUT2D eigenvalue weighted by atomic mass is 10.0. The number of alkyl halides is 1. The average Bonchev–Trinajstić information content (AvgIpc) is 2.30. The van der Waals surface area contributed by atoms with Crippen LogP contribution in [0.4, 0.5) is 0 Å². The van der Waals surface area contributed by atoms with Gasteiger partial charge < -0.3 is 0 Å². The molecular formula is C12H10ClN. The number of aromatic nitrogens is 1. The van der Waals surface area contributed by atoms with Gasteiger partial charge in [-0.2, -0.15) is 0 Å². The molecule has 0 spiro atoms. The smallest absolute Gasteiger partial charge is 0.0495 e. The molecule has 0 aliphatic heterocycles. The molecule has 0 saturated carbocycles. The normalized spacial score (nSPS) is 10.1. The summed E-state index contributed by atoms with van der Waals surface area (Å²) in [6.45, 7) is 0. The van der Waals surface area contributed by atoms with Gasteiger partial charge in [0, 0.05) is 18.3 Å². The fraction of sp³-hybridized carbons (Fsp3) is 0.0833. The first-order valence-corrected chi connectivity index (χ1v) is 4.99. The fourth-order valence-electron chi connectivity index (χ4n) is 1.43. The van der Waals surface area contributed by atoms with Gasteiger partial charge >= 0.3 is 0 Å². The molecule has 0 bridgehead atoms. The number of hydrogen-bond donors (Lipinski definition) is 0. The van der Waals surface area contributed by atoms with Crippen molar-refractivity contribution in [1.29, 1.82) is 0 Å². The van der Waals surface area contributed by atoms with Gasteiger partial charge in [0.05, 0.1) is 0 Å². The SMILES string of the molecule is ClCc1cnccc1-c1ccccc1. The first kappa shape index (κ1) is 9.22. The first-order chi connectivity index (χ1) is 6.92. The summed E-state index contributed by atoms with van der Waals surface area (Å²) >= 11 is 5.84. The van der Waals surface area contributed by atoms with Crippen molar-refractivity contribution in [2.45, 2.75) is 5.88 Å². The topological polar surface area (TPSA) is 12.9 Å². The second kappa shape index (κ2) is 4.25. The Morgan fingerprint density at radius 2 is 1.86 bits per heavy atom. The van der Waals surface area contributed by atoms with Crippen LogP contribution in [0.1, 0.15) is 5.56 Å². The summed E-state index contributed by atoms with van der Waals surface area (Å²) in [6, 6.07) is 12.2. The maximum atomic E-state index is 5.84. The molecule has 1 aromatic carbocycles. The molecule has 1 aromatic heterocycles. The summed E-state index contributed by atoms with van der Waals surface area (Å²) in [5.74, 6) is 0.498. The van der Waals surface area contributed by atoms with E-state index in [2.05, 4.69) is 17.1 Å². The highest BCUT2D eigenvalue weighted by Gasteiger charge is 2.02. The van der Waals surface area contributed by atoms with Crippen molar-refractivity contribution in [1.82, 2.24) is 4.98 Å². The molecule has 0 amide bonds. The van der Waals surface area contributed by atoms with Crippen molar-refractivity contribution in [3.63, 3.8) is 0 Å². The largest absolute Gasteiger partial charge is 0.264 e. The zero-order valence-electron chi connectivity index (χ0n) is 7.65. The Bertz CT molecular complexity index is 412. The number of rotatable bonds is 2. The highest BCUT2D eigenvalue weighted by atomic mass is 35.5. The van der Waals surface area contributed by atoms with E-state index in [1.54, 1.807) is 6.20 Å². The standard InChI is InChI=1S/C12H10ClN/c13-8-11-9-14-7-6-12(11)10-4-2-1-3-5-10/h1-7,9H,8H2. The highest BCUT2D eigenvalue weighted by Crippen LogP contribution is 2.23. The van der Waals surface area contributed by atoms with Crippen molar-refractivity contribution >= 4 is 11.6 Å². The number of nitrogens with zero attached hydrogens (tertiary/aromatic N) is 1. The minimum absolute atomic E-state index is 0.498. The van der Waals surface area contributed by atoms with Gasteiger partial charge in [0.25, 0.3) is 0 Å². The van der Waals surface area contributed by atoms with Gasteiger partial charge in [-0.25, -0.2) is 0 Å². The Labute approximate surface area is 88.4 Å². The minimum Gasteiger partial charge on any atom is -0.264 e. The molecule has 1 heterocycles. The monoisotopic (exact) mass is 203 g/mol. The van der Waals surface area contributed by atoms with Crippen molar-refractivity contribution in [2.75, 3.05) is 0 Å². The van der Waals surface area contributed by atoms with Crippen LogP contribution in [0.15, 0.2) is 48.8 Å². The van der Waals surface area contributed by atoms with Gasteiger partial charge in [0.15, 0.2) is 0 Å². The van der Waals surface area contributed by atoms with Crippen molar-refractivity contribution in [3.8, 4) is 11.1 Å². The molecule has 2 rings (SSSR count). The molecular weight excluding hydrogens is 194 g/mol. The molecule has 0 radical (unpaired) electrons. The molecule has 0 aliphatic rings. The second-order valence-electron chi connectivity index (χ2n) is 3.03. The molecule has 1 nitrogen and oxygen atoms in total. The molecule has 14 heavy (non-hydrogen) atoms. The van der Waals surface area contributed by atoms with E-state index >= 15 is 0 Å².